The number of nitrogens with two attached hydrogens (primary N) is 3. The first-order valence-electron chi connectivity index (χ1n) is 8.61. The van der Waals surface area contributed by atoms with Crippen LogP contribution in [0.3, 0.4) is 0 Å². The van der Waals surface area contributed by atoms with Crippen LogP contribution in [-0.4, -0.2) is 61.6 Å². The number of nitrogens with zero attached hydrogens (tertiary/aromatic N) is 7. The number of anilines is 1. The molecule has 0 saturated carbocycles. The molecule has 0 amide bonds. The molecule has 3 rings (SSSR count). The van der Waals surface area contributed by atoms with Crippen LogP contribution in [0.25, 0.3) is 16.8 Å². The first kappa shape index (κ1) is 25.9. The molecule has 3 heterocycles. The van der Waals surface area contributed by atoms with Crippen LogP contribution in [0.5, 0.6) is 0 Å². The van der Waals surface area contributed by atoms with Gasteiger partial charge in [-0.15, -0.1) is 23.5 Å². The van der Waals surface area contributed by atoms with E-state index in [0.29, 0.717) is 17.1 Å². The van der Waals surface area contributed by atoms with Gasteiger partial charge in [0, 0.05) is 20.3 Å². The van der Waals surface area contributed by atoms with E-state index in [1.807, 2.05) is 43.6 Å². The summed E-state index contributed by atoms with van der Waals surface area (Å²) >= 11 is 3.09. The van der Waals surface area contributed by atoms with E-state index in [-0.39, 0.29) is 0 Å². The smallest absolute Gasteiger partial charge is 0.128 e. The van der Waals surface area contributed by atoms with Gasteiger partial charge >= 0.3 is 0 Å². The zero-order chi connectivity index (χ0) is 23.2. The summed E-state index contributed by atoms with van der Waals surface area (Å²) in [4.78, 5) is 18.1. The third-order valence-electron chi connectivity index (χ3n) is 3.43. The standard InChI is InChI=1S/C10H12N4S.C8H9N5S.H4N2/c1-14(2)6-8(5-11)9-4-10(15-3)13-7-12-9;1-14-7-2-6(10-4-11-7)5-3-12-13-8(5)9;1-2/h4,6-7H,1-3H3;2-4H,1H3,(H3,9,12,13);1-2H2/b8-6-;;. The Labute approximate surface area is 189 Å². The topological polar surface area (TPSA) is 185 Å². The average Bonchev–Trinajstić information content (AvgIpc) is 3.25. The SMILES string of the molecule is CSc1cc(-c2cn[nH]c2N)ncn1.CSc1cc(/C(C#N)=C\N(C)C)ncn1.NN. The highest BCUT2D eigenvalue weighted by molar-refractivity contribution is 7.98. The minimum Gasteiger partial charge on any atom is -0.384 e. The molecule has 0 atom stereocenters. The van der Waals surface area contributed by atoms with E-state index >= 15 is 0 Å². The number of nitrogen functional groups attached to an aromatic ring is 1. The van der Waals surface area contributed by atoms with Crippen molar-refractivity contribution >= 4 is 34.9 Å². The van der Waals surface area contributed by atoms with Gasteiger partial charge in [-0.1, -0.05) is 0 Å². The summed E-state index contributed by atoms with van der Waals surface area (Å²) in [6.45, 7) is 0. The van der Waals surface area contributed by atoms with E-state index in [9.17, 15) is 0 Å². The first-order valence-corrected chi connectivity index (χ1v) is 11.1. The zero-order valence-corrected chi connectivity index (χ0v) is 19.3. The number of aromatic nitrogens is 6. The lowest BCUT2D eigenvalue weighted by atomic mass is 10.2. The van der Waals surface area contributed by atoms with Gasteiger partial charge in [0.25, 0.3) is 0 Å². The van der Waals surface area contributed by atoms with Crippen LogP contribution in [0.1, 0.15) is 5.69 Å². The molecule has 7 N–H and O–H groups in total. The number of hydrazine groups is 1. The van der Waals surface area contributed by atoms with Gasteiger partial charge in [-0.25, -0.2) is 19.9 Å². The van der Waals surface area contributed by atoms with E-state index in [1.165, 1.54) is 24.4 Å². The first-order chi connectivity index (χ1) is 15.0. The minimum absolute atomic E-state index is 0.524. The summed E-state index contributed by atoms with van der Waals surface area (Å²) in [6.07, 6.45) is 10.3. The van der Waals surface area contributed by atoms with Crippen molar-refractivity contribution in [1.29, 1.82) is 5.26 Å². The zero-order valence-electron chi connectivity index (χ0n) is 17.6. The molecular formula is C18H25N11S2. The number of thioether (sulfide) groups is 2. The van der Waals surface area contributed by atoms with Crippen molar-refractivity contribution in [2.75, 3.05) is 32.3 Å². The molecule has 0 aliphatic heterocycles. The summed E-state index contributed by atoms with van der Waals surface area (Å²) in [6, 6.07) is 5.81. The van der Waals surface area contributed by atoms with Crippen LogP contribution in [0, 0.1) is 11.3 Å². The maximum Gasteiger partial charge on any atom is 0.128 e. The third-order valence-corrected chi connectivity index (χ3v) is 4.71. The molecule has 0 radical (unpaired) electrons. The van der Waals surface area contributed by atoms with Crippen LogP contribution in [0.15, 0.2) is 47.2 Å². The highest BCUT2D eigenvalue weighted by Crippen LogP contribution is 2.23. The fourth-order valence-electron chi connectivity index (χ4n) is 2.11. The predicted octanol–water partition coefficient (Wildman–Crippen LogP) is 1.61. The number of hydrogen-bond acceptors (Lipinski definition) is 12. The summed E-state index contributed by atoms with van der Waals surface area (Å²) in [5.41, 5.74) is 8.47. The van der Waals surface area contributed by atoms with E-state index in [1.54, 1.807) is 24.2 Å². The fraction of sp³-hybridized carbons (Fsp3) is 0.222. The van der Waals surface area contributed by atoms with Gasteiger partial charge in [-0.05, 0) is 24.6 Å². The molecule has 0 aliphatic rings. The summed E-state index contributed by atoms with van der Waals surface area (Å²) in [7, 11) is 3.74. The second-order valence-electron chi connectivity index (χ2n) is 5.71. The molecule has 0 unspecified atom stereocenters. The van der Waals surface area contributed by atoms with Crippen molar-refractivity contribution in [3.63, 3.8) is 0 Å². The maximum absolute atomic E-state index is 8.98. The third kappa shape index (κ3) is 8.22. The summed E-state index contributed by atoms with van der Waals surface area (Å²) in [5.74, 6) is 8.52. The Bertz CT molecular complexity index is 1010. The fourth-order valence-corrected chi connectivity index (χ4v) is 2.87. The molecule has 13 heteroatoms. The molecule has 0 saturated heterocycles. The van der Waals surface area contributed by atoms with Gasteiger partial charge < -0.3 is 10.6 Å². The predicted molar refractivity (Wildman–Crippen MR) is 125 cm³/mol. The molecule has 0 fully saturated rings. The lowest BCUT2D eigenvalue weighted by Crippen LogP contribution is -2.03. The normalized spacial score (nSPS) is 10.2. The number of nitriles is 1. The highest BCUT2D eigenvalue weighted by Gasteiger charge is 2.07. The van der Waals surface area contributed by atoms with Gasteiger partial charge in [0.15, 0.2) is 0 Å². The van der Waals surface area contributed by atoms with Crippen molar-refractivity contribution < 1.29 is 0 Å². The molecule has 31 heavy (non-hydrogen) atoms. The van der Waals surface area contributed by atoms with Gasteiger partial charge in [0.1, 0.15) is 24.5 Å². The van der Waals surface area contributed by atoms with E-state index in [2.05, 4.69) is 47.9 Å². The van der Waals surface area contributed by atoms with Crippen LogP contribution < -0.4 is 17.4 Å². The highest BCUT2D eigenvalue weighted by atomic mass is 32.2. The number of hydrogen-bond donors (Lipinski definition) is 4. The molecule has 3 aromatic heterocycles. The second-order valence-corrected chi connectivity index (χ2v) is 7.36. The number of allylic oxidation sites excluding steroid dienone is 1. The van der Waals surface area contributed by atoms with Crippen molar-refractivity contribution in [3.8, 4) is 17.3 Å². The number of aromatic amines is 1. The largest absolute Gasteiger partial charge is 0.384 e. The van der Waals surface area contributed by atoms with E-state index in [4.69, 9.17) is 11.0 Å². The Kier molecular flexibility index (Phi) is 11.6. The second kappa shape index (κ2) is 13.9. The van der Waals surface area contributed by atoms with Crippen LogP contribution >= 0.6 is 23.5 Å². The summed E-state index contributed by atoms with van der Waals surface area (Å²) < 4.78 is 0. The molecule has 0 aromatic carbocycles. The minimum atomic E-state index is 0.524. The lowest BCUT2D eigenvalue weighted by Gasteiger charge is -2.06. The lowest BCUT2D eigenvalue weighted by molar-refractivity contribution is 0.566. The average molecular weight is 460 g/mol. The molecule has 164 valence electrons. The van der Waals surface area contributed by atoms with Gasteiger partial charge in [0.2, 0.25) is 0 Å². The molecule has 0 spiro atoms. The molecule has 0 aliphatic carbocycles. The van der Waals surface area contributed by atoms with Crippen molar-refractivity contribution in [2.45, 2.75) is 10.1 Å². The molecule has 11 nitrogen and oxygen atoms in total. The van der Waals surface area contributed by atoms with E-state index in [0.717, 1.165) is 21.3 Å². The van der Waals surface area contributed by atoms with Crippen LogP contribution in [-0.2, 0) is 0 Å². The van der Waals surface area contributed by atoms with Gasteiger partial charge in [-0.3, -0.25) is 16.8 Å². The van der Waals surface area contributed by atoms with Gasteiger partial charge in [0.05, 0.1) is 38.8 Å². The van der Waals surface area contributed by atoms with Crippen LogP contribution in [0.2, 0.25) is 0 Å². The van der Waals surface area contributed by atoms with Crippen molar-refractivity contribution in [3.05, 3.63) is 42.9 Å². The number of rotatable bonds is 5. The van der Waals surface area contributed by atoms with E-state index < -0.39 is 0 Å². The molecule has 0 bridgehead atoms. The Morgan fingerprint density at radius 1 is 1.06 bits per heavy atom. The molecular weight excluding hydrogens is 434 g/mol. The van der Waals surface area contributed by atoms with Crippen LogP contribution in [0.4, 0.5) is 5.82 Å². The maximum atomic E-state index is 8.98. The number of H-pyrrole nitrogens is 1. The molecule has 3 aromatic rings. The van der Waals surface area contributed by atoms with Crippen molar-refractivity contribution in [2.24, 2.45) is 11.7 Å². The monoisotopic (exact) mass is 459 g/mol. The Morgan fingerprint density at radius 3 is 2.19 bits per heavy atom. The Hall–Kier alpha value is -3.18. The number of nitrogens with one attached hydrogen (secondary N) is 1. The Balaban J connectivity index is 0.000000287. The van der Waals surface area contributed by atoms with Crippen molar-refractivity contribution in [1.82, 2.24) is 35.0 Å². The Morgan fingerprint density at radius 2 is 1.68 bits per heavy atom. The van der Waals surface area contributed by atoms with Gasteiger partial charge in [-0.2, -0.15) is 10.4 Å². The quantitative estimate of drug-likeness (QED) is 0.142. The summed E-state index contributed by atoms with van der Waals surface area (Å²) in [5, 5.41) is 17.3.